The lowest BCUT2D eigenvalue weighted by molar-refractivity contribution is 0.0607. The van der Waals surface area contributed by atoms with Gasteiger partial charge in [0.15, 0.2) is 0 Å². The van der Waals surface area contributed by atoms with Gasteiger partial charge in [0.05, 0.1) is 10.0 Å². The number of hydrogen-bond acceptors (Lipinski definition) is 10. The van der Waals surface area contributed by atoms with Crippen molar-refractivity contribution in [1.82, 2.24) is 40.2 Å². The number of piperazine rings is 2. The summed E-state index contributed by atoms with van der Waals surface area (Å²) in [6.45, 7) is 18.5. The van der Waals surface area contributed by atoms with Gasteiger partial charge in [-0.2, -0.15) is 0 Å². The molecule has 2 atom stereocenters. The van der Waals surface area contributed by atoms with Gasteiger partial charge in [-0.3, -0.25) is 19.6 Å². The molecule has 12 nitrogen and oxygen atoms in total. The van der Waals surface area contributed by atoms with Gasteiger partial charge in [0.25, 0.3) is 0 Å². The summed E-state index contributed by atoms with van der Waals surface area (Å²) < 4.78 is 28.4. The molecule has 4 aliphatic heterocycles. The summed E-state index contributed by atoms with van der Waals surface area (Å²) in [6, 6.07) is 15.5. The summed E-state index contributed by atoms with van der Waals surface area (Å²) in [7, 11) is 0. The number of nitrogens with one attached hydrogen (secondary N) is 2. The Morgan fingerprint density at radius 3 is 1.49 bits per heavy atom. The van der Waals surface area contributed by atoms with E-state index in [2.05, 4.69) is 63.8 Å². The normalized spacial score (nSPS) is 20.4. The molecule has 2 amide bonds. The van der Waals surface area contributed by atoms with E-state index in [1.165, 1.54) is 12.1 Å². The van der Waals surface area contributed by atoms with Crippen molar-refractivity contribution in [3.05, 3.63) is 115 Å². The van der Waals surface area contributed by atoms with E-state index in [1.54, 1.807) is 30.5 Å². The van der Waals surface area contributed by atoms with E-state index in [4.69, 9.17) is 52.1 Å². The molecular formula is C51H69Cl4F2N11O. The number of anilines is 2. The Labute approximate surface area is 427 Å². The molecule has 4 saturated heterocycles. The van der Waals surface area contributed by atoms with Crippen molar-refractivity contribution < 1.29 is 13.6 Å². The largest absolute Gasteiger partial charge is 0.353 e. The summed E-state index contributed by atoms with van der Waals surface area (Å²) in [6.07, 6.45) is 10.1. The monoisotopic (exact) mass is 1030 g/mol. The quantitative estimate of drug-likeness (QED) is 0.113. The van der Waals surface area contributed by atoms with Crippen molar-refractivity contribution in [2.24, 2.45) is 5.73 Å². The molecular weight excluding hydrogens is 962 g/mol. The van der Waals surface area contributed by atoms with Gasteiger partial charge in [0.1, 0.15) is 23.3 Å². The van der Waals surface area contributed by atoms with Gasteiger partial charge in [-0.05, 0) is 119 Å². The summed E-state index contributed by atoms with van der Waals surface area (Å²) in [4.78, 5) is 35.5. The molecule has 2 aromatic carbocycles. The van der Waals surface area contributed by atoms with Gasteiger partial charge in [0, 0.05) is 130 Å². The Balaban J connectivity index is 0.000000206. The Morgan fingerprint density at radius 2 is 1.09 bits per heavy atom. The lowest BCUT2D eigenvalue weighted by atomic mass is 9.97. The minimum Gasteiger partial charge on any atom is -0.353 e. The highest BCUT2D eigenvalue weighted by Gasteiger charge is 2.36. The van der Waals surface area contributed by atoms with Gasteiger partial charge in [-0.1, -0.05) is 72.4 Å². The molecule has 4 fully saturated rings. The summed E-state index contributed by atoms with van der Waals surface area (Å²) >= 11 is 24.9. The van der Waals surface area contributed by atoms with Crippen molar-refractivity contribution in [1.29, 1.82) is 0 Å². The Hall–Kier alpha value is -3.57. The minimum absolute atomic E-state index is 0.201. The number of urea groups is 1. The van der Waals surface area contributed by atoms with Gasteiger partial charge in [-0.25, -0.2) is 23.5 Å². The maximum absolute atomic E-state index is 14.2. The number of amides is 2. The summed E-state index contributed by atoms with van der Waals surface area (Å²) in [5, 5.41) is 7.70. The zero-order valence-electron chi connectivity index (χ0n) is 40.3. The third kappa shape index (κ3) is 14.3. The second kappa shape index (κ2) is 25.7. The Kier molecular flexibility index (Phi) is 19.8. The van der Waals surface area contributed by atoms with E-state index in [1.807, 2.05) is 25.3 Å². The number of carbonyl (C=O) groups is 1. The molecule has 376 valence electrons. The van der Waals surface area contributed by atoms with Gasteiger partial charge in [-0.15, -0.1) is 0 Å². The molecule has 69 heavy (non-hydrogen) atoms. The average molecular weight is 1030 g/mol. The van der Waals surface area contributed by atoms with Crippen molar-refractivity contribution in [2.45, 2.75) is 110 Å². The average Bonchev–Trinajstić information content (AvgIpc) is 3.35. The predicted octanol–water partition coefficient (Wildman–Crippen LogP) is 9.46. The molecule has 0 spiro atoms. The molecule has 0 bridgehead atoms. The number of piperidine rings is 2. The van der Waals surface area contributed by atoms with Crippen molar-refractivity contribution >= 4 is 64.1 Å². The van der Waals surface area contributed by atoms with Crippen LogP contribution in [0.25, 0.3) is 0 Å². The molecule has 4 aromatic rings. The smallest absolute Gasteiger partial charge is 0.315 e. The Morgan fingerprint density at radius 1 is 0.638 bits per heavy atom. The molecule has 0 unspecified atom stereocenters. The maximum Gasteiger partial charge on any atom is 0.315 e. The second-order valence-corrected chi connectivity index (χ2v) is 20.4. The van der Waals surface area contributed by atoms with Crippen LogP contribution >= 0.6 is 46.4 Å². The van der Waals surface area contributed by atoms with Crippen LogP contribution in [0.2, 0.25) is 20.1 Å². The molecule has 18 heteroatoms. The molecule has 4 aliphatic rings. The third-order valence-electron chi connectivity index (χ3n) is 14.3. The number of nitrogens with zero attached hydrogens (tertiary/aromatic N) is 8. The van der Waals surface area contributed by atoms with Crippen LogP contribution in [0.3, 0.4) is 0 Å². The number of nitrogens with two attached hydrogens (primary N) is 1. The maximum atomic E-state index is 14.2. The first-order valence-corrected chi connectivity index (χ1v) is 26.2. The van der Waals surface area contributed by atoms with Crippen LogP contribution in [0.15, 0.2) is 60.9 Å². The lowest BCUT2D eigenvalue weighted by Gasteiger charge is -2.47. The van der Waals surface area contributed by atoms with Crippen LogP contribution < -0.4 is 26.2 Å². The van der Waals surface area contributed by atoms with E-state index in [9.17, 15) is 13.6 Å². The number of benzene rings is 2. The number of carbonyl (C=O) groups excluding carboxylic acids is 1. The van der Waals surface area contributed by atoms with E-state index in [0.29, 0.717) is 82.5 Å². The SMILES string of the molecule is CCNC(=O)NCc1cnc(N2CCN(C3CCN(Cc4ccc(Cl)cc4F)CC3)[C@@H](CC)C2)c(Cl)c1.CC[C@H]1CN(c2ncc(CN)cc2Cl)CCN1C1CCN(Cc2ccc(Cl)cc2F)CC1. The van der Waals surface area contributed by atoms with Crippen LogP contribution in [0.4, 0.5) is 25.2 Å². The molecule has 0 aliphatic carbocycles. The zero-order chi connectivity index (χ0) is 49.0. The summed E-state index contributed by atoms with van der Waals surface area (Å²) in [5.74, 6) is 1.23. The highest BCUT2D eigenvalue weighted by atomic mass is 35.5. The van der Waals surface area contributed by atoms with Crippen molar-refractivity contribution in [2.75, 3.05) is 81.8 Å². The standard InChI is InChI=1S/C27H37Cl2FN6O.C24H32Cl2FN5/c1-3-22-18-35(26-24(29)13-19(15-32-26)16-33-27(37)31-4-2)11-12-36(22)23-7-9-34(10-8-23)17-20-5-6-21(28)14-25(20)30;1-2-20-16-31(24-22(26)11-17(13-28)14-29-24)9-10-32(20)21-5-7-30(8-6-21)15-18-3-4-19(25)12-23(18)27/h5-6,13-15,22-23H,3-4,7-12,16-18H2,1-2H3,(H2,31,33,37);3-4,11-12,14,20-21H,2,5-10,13,15-16,28H2,1H3/t22-;20-/m00/s1. The van der Waals surface area contributed by atoms with Crippen LogP contribution in [-0.2, 0) is 26.2 Å². The predicted molar refractivity (Wildman–Crippen MR) is 278 cm³/mol. The van der Waals surface area contributed by atoms with E-state index < -0.39 is 0 Å². The highest BCUT2D eigenvalue weighted by Crippen LogP contribution is 2.32. The fourth-order valence-electron chi connectivity index (χ4n) is 10.4. The van der Waals surface area contributed by atoms with Crippen LogP contribution in [0.5, 0.6) is 0 Å². The fourth-order valence-corrected chi connectivity index (χ4v) is 11.4. The van der Waals surface area contributed by atoms with Crippen LogP contribution in [-0.4, -0.2) is 132 Å². The van der Waals surface area contributed by atoms with E-state index >= 15 is 0 Å². The molecule has 6 heterocycles. The molecule has 2 aromatic heterocycles. The van der Waals surface area contributed by atoms with Crippen molar-refractivity contribution in [3.63, 3.8) is 0 Å². The second-order valence-electron chi connectivity index (χ2n) is 18.7. The van der Waals surface area contributed by atoms with Gasteiger partial charge < -0.3 is 26.2 Å². The van der Waals surface area contributed by atoms with Crippen LogP contribution in [0.1, 0.15) is 81.5 Å². The number of hydrogen-bond donors (Lipinski definition) is 3. The molecule has 0 saturated carbocycles. The van der Waals surface area contributed by atoms with Gasteiger partial charge in [0.2, 0.25) is 0 Å². The van der Waals surface area contributed by atoms with Gasteiger partial charge >= 0.3 is 6.03 Å². The minimum atomic E-state index is -0.227. The first kappa shape index (κ1) is 53.2. The lowest BCUT2D eigenvalue weighted by Crippen LogP contribution is -2.58. The van der Waals surface area contributed by atoms with E-state index in [-0.39, 0.29) is 17.7 Å². The first-order valence-electron chi connectivity index (χ1n) is 24.7. The van der Waals surface area contributed by atoms with Crippen LogP contribution in [0, 0.1) is 11.6 Å². The zero-order valence-corrected chi connectivity index (χ0v) is 43.3. The number of pyridine rings is 2. The number of likely N-dealkylation sites (tertiary alicyclic amines) is 2. The number of rotatable bonds is 14. The third-order valence-corrected chi connectivity index (χ3v) is 15.3. The topological polar surface area (TPSA) is 112 Å². The van der Waals surface area contributed by atoms with E-state index in [0.717, 1.165) is 132 Å². The number of halogens is 6. The molecule has 0 radical (unpaired) electrons. The Bertz CT molecular complexity index is 2300. The summed E-state index contributed by atoms with van der Waals surface area (Å²) in [5.41, 5.74) is 8.96. The van der Waals surface area contributed by atoms with Crippen molar-refractivity contribution in [3.8, 4) is 0 Å². The first-order chi connectivity index (χ1) is 33.3. The molecule has 8 rings (SSSR count). The fraction of sp³-hybridized carbons (Fsp3) is 0.549. The highest BCUT2D eigenvalue weighted by molar-refractivity contribution is 6.33. The molecule has 4 N–H and O–H groups in total. The number of aromatic nitrogens is 2.